The van der Waals surface area contributed by atoms with E-state index in [0.717, 1.165) is 54.2 Å². The van der Waals surface area contributed by atoms with Gasteiger partial charge in [0.25, 0.3) is 0 Å². The summed E-state index contributed by atoms with van der Waals surface area (Å²) in [7, 11) is 0. The molecule has 3 aromatic rings. The monoisotopic (exact) mass is 437 g/mol. The lowest BCUT2D eigenvalue weighted by atomic mass is 10.1. The summed E-state index contributed by atoms with van der Waals surface area (Å²) in [5.41, 5.74) is 2.75. The van der Waals surface area contributed by atoms with Crippen molar-refractivity contribution in [3.63, 3.8) is 0 Å². The van der Waals surface area contributed by atoms with Gasteiger partial charge in [-0.2, -0.15) is 5.10 Å². The molecule has 5 heterocycles. The van der Waals surface area contributed by atoms with Gasteiger partial charge in [0.15, 0.2) is 5.82 Å². The summed E-state index contributed by atoms with van der Waals surface area (Å²) in [6, 6.07) is 5.91. The van der Waals surface area contributed by atoms with Crippen LogP contribution in [-0.4, -0.2) is 81.1 Å². The number of nitrogens with zero attached hydrogens (tertiary/aromatic N) is 6. The number of aromatic nitrogens is 4. The molecular weight excluding hydrogens is 410 g/mol. The van der Waals surface area contributed by atoms with Gasteiger partial charge in [0.05, 0.1) is 30.5 Å². The predicted octanol–water partition coefficient (Wildman–Crippen LogP) is 2.49. The van der Waals surface area contributed by atoms with Crippen LogP contribution in [0.1, 0.15) is 18.4 Å². The second-order valence-electron chi connectivity index (χ2n) is 8.24. The summed E-state index contributed by atoms with van der Waals surface area (Å²) in [6.07, 6.45) is 4.53. The third kappa shape index (κ3) is 3.93. The van der Waals surface area contributed by atoms with Crippen molar-refractivity contribution in [2.45, 2.75) is 25.8 Å². The fourth-order valence-corrected chi connectivity index (χ4v) is 4.42. The van der Waals surface area contributed by atoms with Crippen molar-refractivity contribution in [2.24, 2.45) is 0 Å². The fourth-order valence-electron chi connectivity index (χ4n) is 4.42. The highest BCUT2D eigenvalue weighted by molar-refractivity contribution is 5.78. The summed E-state index contributed by atoms with van der Waals surface area (Å²) in [6.45, 7) is 5.89. The van der Waals surface area contributed by atoms with Crippen LogP contribution in [0.4, 0.5) is 16.4 Å². The van der Waals surface area contributed by atoms with Gasteiger partial charge in [-0.25, -0.2) is 19.3 Å². The zero-order chi connectivity index (χ0) is 22.1. The van der Waals surface area contributed by atoms with E-state index in [1.54, 1.807) is 6.20 Å². The Hall–Kier alpha value is -3.40. The van der Waals surface area contributed by atoms with E-state index < -0.39 is 6.09 Å². The molecule has 10 heteroatoms. The molecule has 5 rings (SSSR count). The molecule has 0 saturated carbocycles. The number of nitrogens with one attached hydrogen (secondary N) is 1. The van der Waals surface area contributed by atoms with Gasteiger partial charge in [-0.05, 0) is 31.9 Å². The molecule has 0 aromatic carbocycles. The molecule has 32 heavy (non-hydrogen) atoms. The first-order valence-electron chi connectivity index (χ1n) is 11.0. The first-order valence-corrected chi connectivity index (χ1v) is 11.0. The second-order valence-corrected chi connectivity index (χ2v) is 8.24. The van der Waals surface area contributed by atoms with Crippen LogP contribution in [0.25, 0.3) is 16.9 Å². The van der Waals surface area contributed by atoms with Crippen molar-refractivity contribution in [1.82, 2.24) is 24.5 Å². The Labute approximate surface area is 185 Å². The standard InChI is InChI=1S/C22H27N7O3/c1-15-19(24-16-5-4-7-28(14-16)22(30)31)25-20(26-21(15)27-9-11-32-12-10-27)17-13-23-29-8-3-2-6-18(17)29/h2-3,6,8,13,16H,4-5,7,9-12,14H2,1H3,(H,30,31)(H,24,25,26)/t16-/m1/s1. The molecule has 3 aromatic heterocycles. The molecule has 2 fully saturated rings. The average molecular weight is 438 g/mol. The number of hydrogen-bond acceptors (Lipinski definition) is 7. The largest absolute Gasteiger partial charge is 0.465 e. The molecule has 0 spiro atoms. The number of carboxylic acid groups (broad SMARTS) is 1. The Morgan fingerprint density at radius 3 is 2.88 bits per heavy atom. The molecule has 2 aliphatic rings. The molecule has 0 radical (unpaired) electrons. The Morgan fingerprint density at radius 2 is 2.06 bits per heavy atom. The van der Waals surface area contributed by atoms with Crippen LogP contribution in [0.2, 0.25) is 0 Å². The number of carbonyl (C=O) groups is 1. The summed E-state index contributed by atoms with van der Waals surface area (Å²) in [5, 5.41) is 17.4. The molecule has 2 saturated heterocycles. The third-order valence-electron chi connectivity index (χ3n) is 6.13. The molecule has 0 aliphatic carbocycles. The number of fused-ring (bicyclic) bond motifs is 1. The zero-order valence-corrected chi connectivity index (χ0v) is 18.1. The zero-order valence-electron chi connectivity index (χ0n) is 18.1. The molecule has 0 unspecified atom stereocenters. The van der Waals surface area contributed by atoms with E-state index in [1.165, 1.54) is 4.90 Å². The van der Waals surface area contributed by atoms with Crippen molar-refractivity contribution < 1.29 is 14.6 Å². The molecule has 10 nitrogen and oxygen atoms in total. The normalized spacial score (nSPS) is 19.3. The third-order valence-corrected chi connectivity index (χ3v) is 6.13. The maximum absolute atomic E-state index is 11.5. The summed E-state index contributed by atoms with van der Waals surface area (Å²) in [4.78, 5) is 25.0. The minimum absolute atomic E-state index is 0.00254. The SMILES string of the molecule is Cc1c(N[C@@H]2CCCN(C(=O)O)C2)nc(-c2cnn3ccccc23)nc1N1CCOCC1. The number of anilines is 2. The molecule has 1 atom stereocenters. The summed E-state index contributed by atoms with van der Waals surface area (Å²) < 4.78 is 7.34. The smallest absolute Gasteiger partial charge is 0.407 e. The van der Waals surface area contributed by atoms with Crippen molar-refractivity contribution in [3.05, 3.63) is 36.2 Å². The first kappa shape index (κ1) is 20.5. The van der Waals surface area contributed by atoms with E-state index in [9.17, 15) is 9.90 Å². The molecule has 2 N–H and O–H groups in total. The summed E-state index contributed by atoms with van der Waals surface area (Å²) in [5.74, 6) is 2.22. The molecular formula is C22H27N7O3. The quantitative estimate of drug-likeness (QED) is 0.641. The average Bonchev–Trinajstić information content (AvgIpc) is 3.25. The molecule has 168 valence electrons. The minimum atomic E-state index is -0.878. The van der Waals surface area contributed by atoms with Gasteiger partial charge in [0.1, 0.15) is 11.6 Å². The number of ether oxygens (including phenoxy) is 1. The van der Waals surface area contributed by atoms with Gasteiger partial charge < -0.3 is 25.0 Å². The van der Waals surface area contributed by atoms with Crippen LogP contribution < -0.4 is 10.2 Å². The highest BCUT2D eigenvalue weighted by atomic mass is 16.5. The number of pyridine rings is 1. The van der Waals surface area contributed by atoms with E-state index in [4.69, 9.17) is 14.7 Å². The lowest BCUT2D eigenvalue weighted by molar-refractivity contribution is 0.122. The number of amides is 1. The predicted molar refractivity (Wildman–Crippen MR) is 120 cm³/mol. The molecule has 2 aliphatic heterocycles. The van der Waals surface area contributed by atoms with Crippen LogP contribution in [-0.2, 0) is 4.74 Å². The van der Waals surface area contributed by atoms with Crippen molar-refractivity contribution >= 4 is 23.2 Å². The first-order chi connectivity index (χ1) is 15.6. The van der Waals surface area contributed by atoms with Crippen LogP contribution in [0.5, 0.6) is 0 Å². The van der Waals surface area contributed by atoms with E-state index in [2.05, 4.69) is 15.3 Å². The number of hydrogen-bond donors (Lipinski definition) is 2. The maximum atomic E-state index is 11.5. The second kappa shape index (κ2) is 8.62. The van der Waals surface area contributed by atoms with Gasteiger partial charge in [-0.15, -0.1) is 0 Å². The van der Waals surface area contributed by atoms with Gasteiger partial charge in [-0.3, -0.25) is 0 Å². The lowest BCUT2D eigenvalue weighted by Crippen LogP contribution is -2.44. The highest BCUT2D eigenvalue weighted by Crippen LogP contribution is 2.31. The van der Waals surface area contributed by atoms with Gasteiger partial charge >= 0.3 is 6.09 Å². The van der Waals surface area contributed by atoms with Crippen LogP contribution in [0.15, 0.2) is 30.6 Å². The van der Waals surface area contributed by atoms with Gasteiger partial charge in [0, 0.05) is 44.0 Å². The van der Waals surface area contributed by atoms with Crippen LogP contribution >= 0.6 is 0 Å². The number of rotatable bonds is 4. The van der Waals surface area contributed by atoms with Crippen molar-refractivity contribution in [2.75, 3.05) is 49.6 Å². The minimum Gasteiger partial charge on any atom is -0.465 e. The number of morpholine rings is 1. The van der Waals surface area contributed by atoms with Crippen molar-refractivity contribution in [1.29, 1.82) is 0 Å². The lowest BCUT2D eigenvalue weighted by Gasteiger charge is -2.33. The Kier molecular flexibility index (Phi) is 5.52. The van der Waals surface area contributed by atoms with Crippen LogP contribution in [0.3, 0.4) is 0 Å². The van der Waals surface area contributed by atoms with Gasteiger partial charge in [0.2, 0.25) is 0 Å². The summed E-state index contributed by atoms with van der Waals surface area (Å²) >= 11 is 0. The topological polar surface area (TPSA) is 108 Å². The number of piperidine rings is 1. The fraction of sp³-hybridized carbons (Fsp3) is 0.455. The maximum Gasteiger partial charge on any atom is 0.407 e. The van der Waals surface area contributed by atoms with Crippen molar-refractivity contribution in [3.8, 4) is 11.4 Å². The number of likely N-dealkylation sites (tertiary alicyclic amines) is 1. The van der Waals surface area contributed by atoms with Crippen LogP contribution in [0, 0.1) is 6.92 Å². The van der Waals surface area contributed by atoms with E-state index >= 15 is 0 Å². The molecule has 1 amide bonds. The van der Waals surface area contributed by atoms with E-state index in [1.807, 2.05) is 35.8 Å². The Morgan fingerprint density at radius 1 is 1.22 bits per heavy atom. The van der Waals surface area contributed by atoms with E-state index in [-0.39, 0.29) is 6.04 Å². The highest BCUT2D eigenvalue weighted by Gasteiger charge is 2.26. The Bertz CT molecular complexity index is 1130. The Balaban J connectivity index is 1.54. The molecule has 0 bridgehead atoms. The van der Waals surface area contributed by atoms with Gasteiger partial charge in [-0.1, -0.05) is 6.07 Å². The van der Waals surface area contributed by atoms with E-state index in [0.29, 0.717) is 32.1 Å².